The van der Waals surface area contributed by atoms with E-state index in [4.69, 9.17) is 0 Å². The van der Waals surface area contributed by atoms with Gasteiger partial charge in [-0.2, -0.15) is 0 Å². The molecule has 3 rings (SSSR count). The number of rotatable bonds is 10. The Morgan fingerprint density at radius 2 is 1.82 bits per heavy atom. The van der Waals surface area contributed by atoms with Crippen LogP contribution in [0, 0.1) is 15.9 Å². The summed E-state index contributed by atoms with van der Waals surface area (Å²) in [5.41, 5.74) is 1.22. The predicted molar refractivity (Wildman–Crippen MR) is 131 cm³/mol. The third-order valence-corrected chi connectivity index (χ3v) is 7.05. The SMILES string of the molecule is CC(C(=O)NC1CCCCC1)N(Cc1ccccc1F)C(=O)CSCc1ccc([N+](=O)[O-])cc1. The second-order valence-corrected chi connectivity index (χ2v) is 9.53. The maximum Gasteiger partial charge on any atom is 0.269 e. The summed E-state index contributed by atoms with van der Waals surface area (Å²) in [7, 11) is 0. The minimum atomic E-state index is -0.742. The van der Waals surface area contributed by atoms with Crippen LogP contribution in [0.4, 0.5) is 10.1 Å². The molecule has 1 aliphatic carbocycles. The molecule has 1 saturated carbocycles. The molecule has 9 heteroatoms. The zero-order valence-electron chi connectivity index (χ0n) is 19.2. The van der Waals surface area contributed by atoms with Crippen LogP contribution in [-0.4, -0.2) is 39.5 Å². The van der Waals surface area contributed by atoms with Crippen molar-refractivity contribution in [2.45, 2.75) is 63.4 Å². The molecule has 0 bridgehead atoms. The Morgan fingerprint density at radius 1 is 1.15 bits per heavy atom. The highest BCUT2D eigenvalue weighted by molar-refractivity contribution is 7.99. The van der Waals surface area contributed by atoms with Crippen LogP contribution < -0.4 is 5.32 Å². The lowest BCUT2D eigenvalue weighted by Crippen LogP contribution is -2.51. The van der Waals surface area contributed by atoms with E-state index in [0.717, 1.165) is 31.2 Å². The first kappa shape index (κ1) is 25.7. The number of hydrogen-bond acceptors (Lipinski definition) is 5. The lowest BCUT2D eigenvalue weighted by Gasteiger charge is -2.31. The molecule has 2 aromatic rings. The maximum atomic E-state index is 14.3. The van der Waals surface area contributed by atoms with Gasteiger partial charge in [-0.25, -0.2) is 4.39 Å². The average Bonchev–Trinajstić information content (AvgIpc) is 2.84. The molecule has 7 nitrogen and oxygen atoms in total. The van der Waals surface area contributed by atoms with Gasteiger partial charge in [0.05, 0.1) is 10.7 Å². The van der Waals surface area contributed by atoms with Gasteiger partial charge in [-0.15, -0.1) is 11.8 Å². The molecule has 1 unspecified atom stereocenters. The van der Waals surface area contributed by atoms with Crippen LogP contribution in [0.5, 0.6) is 0 Å². The van der Waals surface area contributed by atoms with Gasteiger partial charge in [0.2, 0.25) is 11.8 Å². The van der Waals surface area contributed by atoms with Gasteiger partial charge < -0.3 is 10.2 Å². The van der Waals surface area contributed by atoms with Crippen LogP contribution in [0.2, 0.25) is 0 Å². The molecular weight excluding hydrogens is 457 g/mol. The van der Waals surface area contributed by atoms with Crippen molar-refractivity contribution in [3.63, 3.8) is 0 Å². The van der Waals surface area contributed by atoms with Gasteiger partial charge in [-0.1, -0.05) is 49.6 Å². The topological polar surface area (TPSA) is 92.6 Å². The van der Waals surface area contributed by atoms with Gasteiger partial charge in [-0.3, -0.25) is 19.7 Å². The van der Waals surface area contributed by atoms with E-state index in [1.165, 1.54) is 41.3 Å². The summed E-state index contributed by atoms with van der Waals surface area (Å²) in [6.45, 7) is 1.68. The summed E-state index contributed by atoms with van der Waals surface area (Å²) in [5, 5.41) is 13.9. The lowest BCUT2D eigenvalue weighted by atomic mass is 9.95. The van der Waals surface area contributed by atoms with Crippen LogP contribution in [0.15, 0.2) is 48.5 Å². The molecule has 0 radical (unpaired) electrons. The molecule has 1 N–H and O–H groups in total. The van der Waals surface area contributed by atoms with Crippen molar-refractivity contribution in [2.75, 3.05) is 5.75 Å². The number of nitro benzene ring substituents is 1. The number of hydrogen-bond donors (Lipinski definition) is 1. The second kappa shape index (κ2) is 12.5. The maximum absolute atomic E-state index is 14.3. The summed E-state index contributed by atoms with van der Waals surface area (Å²) in [6.07, 6.45) is 5.20. The van der Waals surface area contributed by atoms with Gasteiger partial charge in [-0.05, 0) is 31.4 Å². The molecule has 0 aliphatic heterocycles. The molecule has 2 amide bonds. The Labute approximate surface area is 203 Å². The minimum Gasteiger partial charge on any atom is -0.352 e. The number of thioether (sulfide) groups is 1. The van der Waals surface area contributed by atoms with Crippen molar-refractivity contribution in [3.05, 3.63) is 75.6 Å². The Hall–Kier alpha value is -2.94. The zero-order chi connectivity index (χ0) is 24.5. The molecule has 0 heterocycles. The van der Waals surface area contributed by atoms with E-state index in [2.05, 4.69) is 5.32 Å². The number of amides is 2. The quantitative estimate of drug-likeness (QED) is 0.383. The highest BCUT2D eigenvalue weighted by atomic mass is 32.2. The zero-order valence-corrected chi connectivity index (χ0v) is 20.1. The Morgan fingerprint density at radius 3 is 2.47 bits per heavy atom. The van der Waals surface area contributed by atoms with Crippen molar-refractivity contribution < 1.29 is 18.9 Å². The Kier molecular flexibility index (Phi) is 9.44. The van der Waals surface area contributed by atoms with Crippen molar-refractivity contribution in [1.29, 1.82) is 0 Å². The highest BCUT2D eigenvalue weighted by Gasteiger charge is 2.28. The number of halogens is 1. The van der Waals surface area contributed by atoms with Gasteiger partial charge in [0.15, 0.2) is 0 Å². The number of benzene rings is 2. The van der Waals surface area contributed by atoms with Crippen molar-refractivity contribution in [3.8, 4) is 0 Å². The number of carbonyl (C=O) groups is 2. The summed E-state index contributed by atoms with van der Waals surface area (Å²) >= 11 is 1.35. The standard InChI is InChI=1S/C25H30FN3O4S/c1-18(25(31)27-21-8-3-2-4-9-21)28(15-20-7-5-6-10-23(20)26)24(30)17-34-16-19-11-13-22(14-12-19)29(32)33/h5-7,10-14,18,21H,2-4,8-9,15-17H2,1H3,(H,27,31). The van der Waals surface area contributed by atoms with Crippen LogP contribution in [0.25, 0.3) is 0 Å². The minimum absolute atomic E-state index is 0.00283. The smallest absolute Gasteiger partial charge is 0.269 e. The monoisotopic (exact) mass is 487 g/mol. The second-order valence-electron chi connectivity index (χ2n) is 8.55. The Balaban J connectivity index is 1.65. The fourth-order valence-corrected chi connectivity index (χ4v) is 4.89. The molecular formula is C25H30FN3O4S. The number of nitrogens with zero attached hydrogens (tertiary/aromatic N) is 2. The lowest BCUT2D eigenvalue weighted by molar-refractivity contribution is -0.384. The molecule has 1 aliphatic rings. The first-order valence-corrected chi connectivity index (χ1v) is 12.6. The van der Waals surface area contributed by atoms with Gasteiger partial charge in [0.1, 0.15) is 11.9 Å². The third kappa shape index (κ3) is 7.28. The van der Waals surface area contributed by atoms with Gasteiger partial charge >= 0.3 is 0 Å². The van der Waals surface area contributed by atoms with Crippen molar-refractivity contribution in [2.24, 2.45) is 0 Å². The average molecular weight is 488 g/mol. The molecule has 2 aromatic carbocycles. The van der Waals surface area contributed by atoms with E-state index in [1.807, 2.05) is 0 Å². The first-order chi connectivity index (χ1) is 16.3. The van der Waals surface area contributed by atoms with Crippen LogP contribution >= 0.6 is 11.8 Å². The normalized spacial score (nSPS) is 14.9. The molecule has 1 fully saturated rings. The molecule has 1 atom stereocenters. The number of nitrogens with one attached hydrogen (secondary N) is 1. The molecule has 0 aromatic heterocycles. The summed E-state index contributed by atoms with van der Waals surface area (Å²) < 4.78 is 14.3. The summed E-state index contributed by atoms with van der Waals surface area (Å²) in [5.74, 6) is -0.316. The molecule has 34 heavy (non-hydrogen) atoms. The largest absolute Gasteiger partial charge is 0.352 e. The van der Waals surface area contributed by atoms with Crippen LogP contribution in [-0.2, 0) is 21.9 Å². The molecule has 0 saturated heterocycles. The molecule has 182 valence electrons. The predicted octanol–water partition coefficient (Wildman–Crippen LogP) is 4.83. The first-order valence-electron chi connectivity index (χ1n) is 11.5. The van der Waals surface area contributed by atoms with E-state index in [-0.39, 0.29) is 35.8 Å². The van der Waals surface area contributed by atoms with E-state index >= 15 is 0 Å². The van der Waals surface area contributed by atoms with E-state index in [1.54, 1.807) is 37.3 Å². The fraction of sp³-hybridized carbons (Fsp3) is 0.440. The van der Waals surface area contributed by atoms with Crippen LogP contribution in [0.3, 0.4) is 0 Å². The van der Waals surface area contributed by atoms with Crippen molar-refractivity contribution in [1.82, 2.24) is 10.2 Å². The van der Waals surface area contributed by atoms with Crippen LogP contribution in [0.1, 0.15) is 50.2 Å². The van der Waals surface area contributed by atoms with E-state index in [0.29, 0.717) is 11.3 Å². The van der Waals surface area contributed by atoms with E-state index < -0.39 is 16.8 Å². The number of carbonyl (C=O) groups excluding carboxylic acids is 2. The van der Waals surface area contributed by atoms with Gasteiger partial charge in [0.25, 0.3) is 5.69 Å². The van der Waals surface area contributed by atoms with Gasteiger partial charge in [0, 0.05) is 36.0 Å². The van der Waals surface area contributed by atoms with Crippen molar-refractivity contribution >= 4 is 29.3 Å². The third-order valence-electron chi connectivity index (χ3n) is 6.06. The summed E-state index contributed by atoms with van der Waals surface area (Å²) in [4.78, 5) is 37.9. The highest BCUT2D eigenvalue weighted by Crippen LogP contribution is 2.21. The molecule has 0 spiro atoms. The Bertz CT molecular complexity index is 996. The number of non-ortho nitro benzene ring substituents is 1. The summed E-state index contributed by atoms with van der Waals surface area (Å²) in [6, 6.07) is 11.8. The fourth-order valence-electron chi connectivity index (χ4n) is 4.01. The number of nitro groups is 1. The van der Waals surface area contributed by atoms with E-state index in [9.17, 15) is 24.1 Å².